The van der Waals surface area contributed by atoms with Gasteiger partial charge in [0.15, 0.2) is 0 Å². The van der Waals surface area contributed by atoms with Gasteiger partial charge in [-0.3, -0.25) is 14.6 Å². The molecule has 7 heteroatoms. The average Bonchev–Trinajstić information content (AvgIpc) is 2.80. The lowest BCUT2D eigenvalue weighted by Gasteiger charge is -2.37. The number of halogens is 1. The van der Waals surface area contributed by atoms with Crippen LogP contribution >= 0.6 is 11.6 Å². The number of nitrogens with zero attached hydrogens (tertiary/aromatic N) is 2. The number of benzene rings is 2. The number of hydrogen-bond donors (Lipinski definition) is 1. The highest BCUT2D eigenvalue weighted by Crippen LogP contribution is 2.25. The average molecular weight is 446 g/mol. The molecular weight excluding hydrogens is 414 g/mol. The predicted molar refractivity (Wildman–Crippen MR) is 124 cm³/mol. The van der Waals surface area contributed by atoms with Crippen LogP contribution < -0.4 is 14.8 Å². The van der Waals surface area contributed by atoms with Gasteiger partial charge in [0.25, 0.3) is 0 Å². The van der Waals surface area contributed by atoms with Gasteiger partial charge in [-0.15, -0.1) is 0 Å². The third-order valence-electron chi connectivity index (χ3n) is 5.80. The quantitative estimate of drug-likeness (QED) is 0.639. The molecule has 3 rings (SSSR count). The molecule has 168 valence electrons. The molecule has 0 aliphatic carbocycles. The van der Waals surface area contributed by atoms with Crippen molar-refractivity contribution in [1.29, 1.82) is 0 Å². The van der Waals surface area contributed by atoms with Crippen LogP contribution in [0.25, 0.3) is 0 Å². The Bertz CT molecular complexity index is 855. The highest BCUT2D eigenvalue weighted by molar-refractivity contribution is 6.32. The number of hydrogen-bond acceptors (Lipinski definition) is 5. The molecule has 31 heavy (non-hydrogen) atoms. The van der Waals surface area contributed by atoms with E-state index in [1.165, 1.54) is 0 Å². The Morgan fingerprint density at radius 2 is 1.68 bits per heavy atom. The zero-order chi connectivity index (χ0) is 22.2. The van der Waals surface area contributed by atoms with Gasteiger partial charge in [0.1, 0.15) is 18.1 Å². The summed E-state index contributed by atoms with van der Waals surface area (Å²) in [4.78, 5) is 17.4. The fourth-order valence-electron chi connectivity index (χ4n) is 3.82. The zero-order valence-corrected chi connectivity index (χ0v) is 19.3. The summed E-state index contributed by atoms with van der Waals surface area (Å²) in [6.45, 7) is 8.91. The van der Waals surface area contributed by atoms with E-state index in [1.807, 2.05) is 62.4 Å². The first-order valence-corrected chi connectivity index (χ1v) is 11.1. The fourth-order valence-corrected chi connectivity index (χ4v) is 4.01. The molecular formula is C24H32ClN3O3. The first-order chi connectivity index (χ1) is 15.0. The van der Waals surface area contributed by atoms with Gasteiger partial charge in [-0.2, -0.15) is 0 Å². The molecule has 2 aromatic carbocycles. The second kappa shape index (κ2) is 11.4. The summed E-state index contributed by atoms with van der Waals surface area (Å²) >= 11 is 6.13. The second-order valence-electron chi connectivity index (χ2n) is 7.80. The lowest BCUT2D eigenvalue weighted by atomic mass is 10.1. The summed E-state index contributed by atoms with van der Waals surface area (Å²) < 4.78 is 11.2. The van der Waals surface area contributed by atoms with Crippen LogP contribution in [-0.2, 0) is 4.79 Å². The minimum atomic E-state index is -0.182. The van der Waals surface area contributed by atoms with Gasteiger partial charge in [0, 0.05) is 38.3 Å². The SMILES string of the molecule is COc1ccccc1C(C)NC(=O)C(C)N1CCN(CCOc2ccccc2Cl)CC1. The Hall–Kier alpha value is -2.28. The predicted octanol–water partition coefficient (Wildman–Crippen LogP) is 3.61. The van der Waals surface area contributed by atoms with Crippen molar-refractivity contribution in [3.05, 3.63) is 59.1 Å². The van der Waals surface area contributed by atoms with E-state index in [0.29, 0.717) is 11.6 Å². The summed E-state index contributed by atoms with van der Waals surface area (Å²) in [5.74, 6) is 1.54. The van der Waals surface area contributed by atoms with Crippen LogP contribution in [0.4, 0.5) is 0 Å². The fraction of sp³-hybridized carbons (Fsp3) is 0.458. The minimum absolute atomic E-state index is 0.0360. The van der Waals surface area contributed by atoms with Gasteiger partial charge in [-0.05, 0) is 32.0 Å². The summed E-state index contributed by atoms with van der Waals surface area (Å²) in [6, 6.07) is 15.0. The van der Waals surface area contributed by atoms with Crippen LogP contribution in [0, 0.1) is 0 Å². The van der Waals surface area contributed by atoms with Gasteiger partial charge in [0.2, 0.25) is 5.91 Å². The highest BCUT2D eigenvalue weighted by Gasteiger charge is 2.26. The van der Waals surface area contributed by atoms with Crippen LogP contribution in [0.1, 0.15) is 25.5 Å². The van der Waals surface area contributed by atoms with Crippen LogP contribution in [0.5, 0.6) is 11.5 Å². The van der Waals surface area contributed by atoms with Gasteiger partial charge in [-0.25, -0.2) is 0 Å². The molecule has 1 amide bonds. The van der Waals surface area contributed by atoms with E-state index in [2.05, 4.69) is 15.1 Å². The Morgan fingerprint density at radius 1 is 1.03 bits per heavy atom. The smallest absolute Gasteiger partial charge is 0.237 e. The molecule has 1 saturated heterocycles. The maximum atomic E-state index is 12.8. The maximum Gasteiger partial charge on any atom is 0.237 e. The van der Waals surface area contributed by atoms with E-state index < -0.39 is 0 Å². The van der Waals surface area contributed by atoms with Crippen LogP contribution in [-0.4, -0.2) is 68.2 Å². The third-order valence-corrected chi connectivity index (χ3v) is 6.11. The molecule has 6 nitrogen and oxygen atoms in total. The van der Waals surface area contributed by atoms with Crippen molar-refractivity contribution in [2.45, 2.75) is 25.9 Å². The van der Waals surface area contributed by atoms with Crippen LogP contribution in [0.2, 0.25) is 5.02 Å². The van der Waals surface area contributed by atoms with E-state index in [0.717, 1.165) is 49.8 Å². The van der Waals surface area contributed by atoms with E-state index in [9.17, 15) is 4.79 Å². The van der Waals surface area contributed by atoms with Crippen LogP contribution in [0.3, 0.4) is 0 Å². The van der Waals surface area contributed by atoms with E-state index in [4.69, 9.17) is 21.1 Å². The number of methoxy groups -OCH3 is 1. The third kappa shape index (κ3) is 6.35. The second-order valence-corrected chi connectivity index (χ2v) is 8.21. The van der Waals surface area contributed by atoms with Gasteiger partial charge in [-0.1, -0.05) is 41.9 Å². The standard InChI is InChI=1S/C24H32ClN3O3/c1-18(20-8-4-6-10-22(20)30-3)26-24(29)19(2)28-14-12-27(13-15-28)16-17-31-23-11-7-5-9-21(23)25/h4-11,18-19H,12-17H2,1-3H3,(H,26,29). The summed E-state index contributed by atoms with van der Waals surface area (Å²) in [5, 5.41) is 3.76. The topological polar surface area (TPSA) is 54.0 Å². The summed E-state index contributed by atoms with van der Waals surface area (Å²) in [5.41, 5.74) is 0.980. The number of carbonyl (C=O) groups is 1. The first kappa shape index (κ1) is 23.4. The monoisotopic (exact) mass is 445 g/mol. The van der Waals surface area contributed by atoms with Crippen molar-refractivity contribution in [3.8, 4) is 11.5 Å². The molecule has 0 saturated carbocycles. The zero-order valence-electron chi connectivity index (χ0n) is 18.5. The molecule has 1 aliphatic rings. The van der Waals surface area contributed by atoms with Crippen molar-refractivity contribution < 1.29 is 14.3 Å². The van der Waals surface area contributed by atoms with E-state index in [-0.39, 0.29) is 18.0 Å². The van der Waals surface area contributed by atoms with Crippen LogP contribution in [0.15, 0.2) is 48.5 Å². The number of para-hydroxylation sites is 2. The van der Waals surface area contributed by atoms with E-state index >= 15 is 0 Å². The maximum absolute atomic E-state index is 12.8. The summed E-state index contributed by atoms with van der Waals surface area (Å²) in [6.07, 6.45) is 0. The molecule has 1 aliphatic heterocycles. The Balaban J connectivity index is 1.42. The largest absolute Gasteiger partial charge is 0.496 e. The van der Waals surface area contributed by atoms with Gasteiger partial charge >= 0.3 is 0 Å². The van der Waals surface area contributed by atoms with Crippen molar-refractivity contribution >= 4 is 17.5 Å². The molecule has 1 fully saturated rings. The normalized spacial score (nSPS) is 17.0. The highest BCUT2D eigenvalue weighted by atomic mass is 35.5. The molecule has 0 spiro atoms. The molecule has 1 N–H and O–H groups in total. The molecule has 0 bridgehead atoms. The van der Waals surface area contributed by atoms with Crippen molar-refractivity contribution in [2.75, 3.05) is 46.4 Å². The van der Waals surface area contributed by atoms with Gasteiger partial charge in [0.05, 0.1) is 24.2 Å². The Morgan fingerprint density at radius 3 is 2.35 bits per heavy atom. The Kier molecular flexibility index (Phi) is 8.58. The van der Waals surface area contributed by atoms with E-state index in [1.54, 1.807) is 7.11 Å². The van der Waals surface area contributed by atoms with Crippen molar-refractivity contribution in [2.24, 2.45) is 0 Å². The summed E-state index contributed by atoms with van der Waals surface area (Å²) in [7, 11) is 1.65. The number of amides is 1. The van der Waals surface area contributed by atoms with Gasteiger partial charge < -0.3 is 14.8 Å². The lowest BCUT2D eigenvalue weighted by molar-refractivity contribution is -0.127. The number of rotatable bonds is 9. The minimum Gasteiger partial charge on any atom is -0.496 e. The number of nitrogens with one attached hydrogen (secondary N) is 1. The molecule has 2 aromatic rings. The Labute approximate surface area is 190 Å². The molecule has 2 unspecified atom stereocenters. The number of piperazine rings is 1. The lowest BCUT2D eigenvalue weighted by Crippen LogP contribution is -2.54. The molecule has 0 aromatic heterocycles. The first-order valence-electron chi connectivity index (χ1n) is 10.8. The molecule has 0 radical (unpaired) electrons. The number of carbonyl (C=O) groups excluding carboxylic acids is 1. The van der Waals surface area contributed by atoms with Crippen molar-refractivity contribution in [3.63, 3.8) is 0 Å². The number of ether oxygens (including phenoxy) is 2. The molecule has 1 heterocycles. The molecule has 2 atom stereocenters. The van der Waals surface area contributed by atoms with Crippen molar-refractivity contribution in [1.82, 2.24) is 15.1 Å².